The van der Waals surface area contributed by atoms with Gasteiger partial charge in [-0.15, -0.1) is 0 Å². The number of nitrogens with one attached hydrogen (secondary N) is 1. The molecule has 2 heterocycles. The molecule has 0 amide bonds. The minimum Gasteiger partial charge on any atom is -0.464 e. The Bertz CT molecular complexity index is 502. The Kier molecular flexibility index (Phi) is 3.91. The molecule has 0 aliphatic carbocycles. The van der Waals surface area contributed by atoms with Gasteiger partial charge in [-0.2, -0.15) is 11.8 Å². The minimum atomic E-state index is 0.865. The SMILES string of the molecule is c1ccc2c(CNCC3CCSCC3)coc2c1. The van der Waals surface area contributed by atoms with E-state index in [0.717, 1.165) is 24.6 Å². The Morgan fingerprint density at radius 3 is 2.94 bits per heavy atom. The Morgan fingerprint density at radius 1 is 1.22 bits per heavy atom. The van der Waals surface area contributed by atoms with Gasteiger partial charge in [0.15, 0.2) is 0 Å². The molecular weight excluding hydrogens is 242 g/mol. The number of thioether (sulfide) groups is 1. The normalized spacial score (nSPS) is 17.3. The molecule has 3 heteroatoms. The first-order valence-electron chi connectivity index (χ1n) is 6.67. The summed E-state index contributed by atoms with van der Waals surface area (Å²) in [6.07, 6.45) is 4.61. The molecule has 1 saturated heterocycles. The molecule has 18 heavy (non-hydrogen) atoms. The van der Waals surface area contributed by atoms with Gasteiger partial charge in [-0.3, -0.25) is 0 Å². The summed E-state index contributed by atoms with van der Waals surface area (Å²) < 4.78 is 5.55. The number of benzene rings is 1. The van der Waals surface area contributed by atoms with Crippen LogP contribution in [0.5, 0.6) is 0 Å². The van der Waals surface area contributed by atoms with Crippen LogP contribution in [0.3, 0.4) is 0 Å². The van der Waals surface area contributed by atoms with Gasteiger partial charge in [-0.05, 0) is 42.9 Å². The van der Waals surface area contributed by atoms with Gasteiger partial charge in [-0.1, -0.05) is 18.2 Å². The second-order valence-corrected chi connectivity index (χ2v) is 6.17. The molecule has 1 aliphatic rings. The molecular formula is C15H19NOS. The van der Waals surface area contributed by atoms with Crippen molar-refractivity contribution in [3.05, 3.63) is 36.1 Å². The van der Waals surface area contributed by atoms with E-state index < -0.39 is 0 Å². The second kappa shape index (κ2) is 5.81. The van der Waals surface area contributed by atoms with E-state index in [9.17, 15) is 0 Å². The molecule has 3 rings (SSSR count). The summed E-state index contributed by atoms with van der Waals surface area (Å²) in [5, 5.41) is 4.82. The van der Waals surface area contributed by atoms with Crippen molar-refractivity contribution in [1.82, 2.24) is 5.32 Å². The first-order chi connectivity index (χ1) is 8.93. The number of para-hydroxylation sites is 1. The van der Waals surface area contributed by atoms with Gasteiger partial charge in [0, 0.05) is 17.5 Å². The number of furan rings is 1. The van der Waals surface area contributed by atoms with Crippen molar-refractivity contribution in [1.29, 1.82) is 0 Å². The van der Waals surface area contributed by atoms with Crippen molar-refractivity contribution >= 4 is 22.7 Å². The Balaban J connectivity index is 1.56. The third-order valence-corrected chi connectivity index (χ3v) is 4.70. The Labute approximate surface area is 112 Å². The molecule has 1 N–H and O–H groups in total. The lowest BCUT2D eigenvalue weighted by Gasteiger charge is -2.21. The van der Waals surface area contributed by atoms with E-state index >= 15 is 0 Å². The molecule has 0 unspecified atom stereocenters. The molecule has 1 aromatic carbocycles. The largest absolute Gasteiger partial charge is 0.464 e. The van der Waals surface area contributed by atoms with E-state index in [2.05, 4.69) is 29.2 Å². The summed E-state index contributed by atoms with van der Waals surface area (Å²) in [5.74, 6) is 3.53. The summed E-state index contributed by atoms with van der Waals surface area (Å²) in [4.78, 5) is 0. The molecule has 0 radical (unpaired) electrons. The highest BCUT2D eigenvalue weighted by molar-refractivity contribution is 7.99. The van der Waals surface area contributed by atoms with Crippen molar-refractivity contribution in [2.24, 2.45) is 5.92 Å². The lowest BCUT2D eigenvalue weighted by atomic mass is 10.0. The van der Waals surface area contributed by atoms with Gasteiger partial charge in [0.2, 0.25) is 0 Å². The summed E-state index contributed by atoms with van der Waals surface area (Å²) in [7, 11) is 0. The maximum Gasteiger partial charge on any atom is 0.134 e. The Hall–Kier alpha value is -0.930. The van der Waals surface area contributed by atoms with Gasteiger partial charge < -0.3 is 9.73 Å². The smallest absolute Gasteiger partial charge is 0.134 e. The first kappa shape index (κ1) is 12.1. The molecule has 1 aliphatic heterocycles. The second-order valence-electron chi connectivity index (χ2n) is 4.94. The van der Waals surface area contributed by atoms with Crippen molar-refractivity contribution in [3.8, 4) is 0 Å². The molecule has 0 bridgehead atoms. The summed E-state index contributed by atoms with van der Waals surface area (Å²) >= 11 is 2.09. The number of hydrogen-bond acceptors (Lipinski definition) is 3. The van der Waals surface area contributed by atoms with Crippen LogP contribution in [0.4, 0.5) is 0 Å². The quantitative estimate of drug-likeness (QED) is 0.909. The molecule has 0 saturated carbocycles. The van der Waals surface area contributed by atoms with E-state index in [0.29, 0.717) is 0 Å². The van der Waals surface area contributed by atoms with Gasteiger partial charge in [-0.25, -0.2) is 0 Å². The Morgan fingerprint density at radius 2 is 2.06 bits per heavy atom. The van der Waals surface area contributed by atoms with Gasteiger partial charge in [0.1, 0.15) is 5.58 Å². The first-order valence-corrected chi connectivity index (χ1v) is 7.82. The van der Waals surface area contributed by atoms with Crippen LogP contribution in [0.1, 0.15) is 18.4 Å². The fraction of sp³-hybridized carbons (Fsp3) is 0.467. The monoisotopic (exact) mass is 261 g/mol. The van der Waals surface area contributed by atoms with Crippen LogP contribution < -0.4 is 5.32 Å². The van der Waals surface area contributed by atoms with Crippen LogP contribution in [0.2, 0.25) is 0 Å². The van der Waals surface area contributed by atoms with E-state index in [-0.39, 0.29) is 0 Å². The van der Waals surface area contributed by atoms with Crippen molar-refractivity contribution in [2.45, 2.75) is 19.4 Å². The molecule has 0 spiro atoms. The summed E-state index contributed by atoms with van der Waals surface area (Å²) in [5.41, 5.74) is 2.26. The van der Waals surface area contributed by atoms with Gasteiger partial charge >= 0.3 is 0 Å². The zero-order valence-corrected chi connectivity index (χ0v) is 11.3. The van der Waals surface area contributed by atoms with Crippen molar-refractivity contribution in [3.63, 3.8) is 0 Å². The average molecular weight is 261 g/mol. The number of fused-ring (bicyclic) bond motifs is 1. The van der Waals surface area contributed by atoms with Gasteiger partial charge in [0.25, 0.3) is 0 Å². The summed E-state index contributed by atoms with van der Waals surface area (Å²) in [6.45, 7) is 2.06. The predicted molar refractivity (Wildman–Crippen MR) is 78.0 cm³/mol. The molecule has 96 valence electrons. The molecule has 0 atom stereocenters. The van der Waals surface area contributed by atoms with E-state index in [1.807, 2.05) is 18.4 Å². The highest BCUT2D eigenvalue weighted by Gasteiger charge is 2.13. The maximum absolute atomic E-state index is 5.55. The topological polar surface area (TPSA) is 25.2 Å². The van der Waals surface area contributed by atoms with E-state index in [1.54, 1.807) is 0 Å². The molecule has 2 aromatic rings. The van der Waals surface area contributed by atoms with E-state index in [1.165, 1.54) is 35.3 Å². The minimum absolute atomic E-state index is 0.865. The summed E-state index contributed by atoms with van der Waals surface area (Å²) in [6, 6.07) is 8.24. The number of rotatable bonds is 4. The predicted octanol–water partition coefficient (Wildman–Crippen LogP) is 3.67. The van der Waals surface area contributed by atoms with Crippen LogP contribution in [-0.4, -0.2) is 18.1 Å². The van der Waals surface area contributed by atoms with Crippen LogP contribution in [-0.2, 0) is 6.54 Å². The number of hydrogen-bond donors (Lipinski definition) is 1. The lowest BCUT2D eigenvalue weighted by molar-refractivity contribution is 0.447. The van der Waals surface area contributed by atoms with Crippen molar-refractivity contribution in [2.75, 3.05) is 18.1 Å². The van der Waals surface area contributed by atoms with Crippen LogP contribution in [0, 0.1) is 5.92 Å². The fourth-order valence-corrected chi connectivity index (χ4v) is 3.74. The maximum atomic E-state index is 5.55. The molecule has 2 nitrogen and oxygen atoms in total. The zero-order valence-electron chi connectivity index (χ0n) is 10.5. The third kappa shape index (κ3) is 2.73. The van der Waals surface area contributed by atoms with E-state index in [4.69, 9.17) is 4.42 Å². The molecule has 1 aromatic heterocycles. The average Bonchev–Trinajstić information content (AvgIpc) is 2.84. The van der Waals surface area contributed by atoms with Crippen LogP contribution in [0.15, 0.2) is 34.9 Å². The fourth-order valence-electron chi connectivity index (χ4n) is 2.53. The van der Waals surface area contributed by atoms with Crippen LogP contribution >= 0.6 is 11.8 Å². The third-order valence-electron chi connectivity index (χ3n) is 3.65. The van der Waals surface area contributed by atoms with Crippen LogP contribution in [0.25, 0.3) is 11.0 Å². The highest BCUT2D eigenvalue weighted by Crippen LogP contribution is 2.23. The highest BCUT2D eigenvalue weighted by atomic mass is 32.2. The lowest BCUT2D eigenvalue weighted by Crippen LogP contribution is -2.25. The van der Waals surface area contributed by atoms with Crippen molar-refractivity contribution < 1.29 is 4.42 Å². The molecule has 1 fully saturated rings. The zero-order chi connectivity index (χ0) is 12.2. The standard InChI is InChI=1S/C15H19NOS/c1-2-4-15-14(3-1)13(11-17-15)10-16-9-12-5-7-18-8-6-12/h1-4,11-12,16H,5-10H2. The van der Waals surface area contributed by atoms with Gasteiger partial charge in [0.05, 0.1) is 6.26 Å².